The minimum atomic E-state index is -0.0128. The van der Waals surface area contributed by atoms with Gasteiger partial charge in [0.25, 0.3) is 0 Å². The number of rotatable bonds is 4. The van der Waals surface area contributed by atoms with Crippen molar-refractivity contribution in [2.24, 2.45) is 0 Å². The standard InChI is InChI=1S/C15H15N5/c1-16-15(14-10-17-7-8-18-14)12-9-19-20(11-12)13-5-3-2-4-6-13/h2-11,15-16H,1H3. The lowest BCUT2D eigenvalue weighted by Crippen LogP contribution is -2.18. The average Bonchev–Trinajstić information content (AvgIpc) is 3.00. The van der Waals surface area contributed by atoms with E-state index >= 15 is 0 Å². The van der Waals surface area contributed by atoms with Gasteiger partial charge in [-0.2, -0.15) is 5.10 Å². The van der Waals surface area contributed by atoms with Crippen LogP contribution in [0.15, 0.2) is 61.3 Å². The molecule has 20 heavy (non-hydrogen) atoms. The van der Waals surface area contributed by atoms with Gasteiger partial charge in [-0.1, -0.05) is 18.2 Å². The lowest BCUT2D eigenvalue weighted by molar-refractivity contribution is 0.666. The third-order valence-electron chi connectivity index (χ3n) is 3.12. The van der Waals surface area contributed by atoms with Crippen molar-refractivity contribution >= 4 is 0 Å². The van der Waals surface area contributed by atoms with Gasteiger partial charge in [0.1, 0.15) is 0 Å². The Labute approximate surface area is 117 Å². The average molecular weight is 265 g/mol. The van der Waals surface area contributed by atoms with E-state index in [-0.39, 0.29) is 6.04 Å². The summed E-state index contributed by atoms with van der Waals surface area (Å²) in [7, 11) is 1.90. The molecular formula is C15H15N5. The molecule has 0 saturated carbocycles. The van der Waals surface area contributed by atoms with Crippen molar-refractivity contribution in [2.75, 3.05) is 7.05 Å². The molecule has 0 saturated heterocycles. The third-order valence-corrected chi connectivity index (χ3v) is 3.12. The Balaban J connectivity index is 1.93. The molecule has 1 N–H and O–H groups in total. The molecule has 100 valence electrons. The first kappa shape index (κ1) is 12.5. The molecule has 2 heterocycles. The van der Waals surface area contributed by atoms with Crippen molar-refractivity contribution in [2.45, 2.75) is 6.04 Å². The Morgan fingerprint density at radius 1 is 1.10 bits per heavy atom. The number of nitrogens with zero attached hydrogens (tertiary/aromatic N) is 4. The smallest absolute Gasteiger partial charge is 0.0802 e. The summed E-state index contributed by atoms with van der Waals surface area (Å²) in [6.07, 6.45) is 8.99. The molecule has 0 spiro atoms. The maximum absolute atomic E-state index is 4.41. The number of nitrogens with one attached hydrogen (secondary N) is 1. The molecule has 0 aliphatic heterocycles. The van der Waals surface area contributed by atoms with E-state index in [1.165, 1.54) is 0 Å². The fourth-order valence-corrected chi connectivity index (χ4v) is 2.15. The van der Waals surface area contributed by atoms with Crippen molar-refractivity contribution in [3.05, 3.63) is 72.6 Å². The summed E-state index contributed by atoms with van der Waals surface area (Å²) in [5.74, 6) is 0. The summed E-state index contributed by atoms with van der Waals surface area (Å²) >= 11 is 0. The number of hydrogen-bond donors (Lipinski definition) is 1. The fourth-order valence-electron chi connectivity index (χ4n) is 2.15. The predicted molar refractivity (Wildman–Crippen MR) is 76.5 cm³/mol. The molecule has 0 radical (unpaired) electrons. The van der Waals surface area contributed by atoms with Crippen LogP contribution in [0.4, 0.5) is 0 Å². The van der Waals surface area contributed by atoms with Gasteiger partial charge in [-0.3, -0.25) is 9.97 Å². The van der Waals surface area contributed by atoms with E-state index in [0.29, 0.717) is 0 Å². The van der Waals surface area contributed by atoms with E-state index < -0.39 is 0 Å². The molecule has 0 amide bonds. The Morgan fingerprint density at radius 3 is 2.65 bits per heavy atom. The zero-order valence-corrected chi connectivity index (χ0v) is 11.1. The molecule has 1 unspecified atom stereocenters. The maximum atomic E-state index is 4.41. The van der Waals surface area contributed by atoms with Gasteiger partial charge in [0.2, 0.25) is 0 Å². The molecule has 2 aromatic heterocycles. The highest BCUT2D eigenvalue weighted by molar-refractivity contribution is 5.32. The largest absolute Gasteiger partial charge is 0.308 e. The van der Waals surface area contributed by atoms with E-state index in [9.17, 15) is 0 Å². The molecule has 3 rings (SSSR count). The van der Waals surface area contributed by atoms with Crippen molar-refractivity contribution in [3.8, 4) is 5.69 Å². The van der Waals surface area contributed by atoms with E-state index in [1.807, 2.05) is 54.5 Å². The van der Waals surface area contributed by atoms with Gasteiger partial charge >= 0.3 is 0 Å². The topological polar surface area (TPSA) is 55.6 Å². The normalized spacial score (nSPS) is 12.2. The maximum Gasteiger partial charge on any atom is 0.0802 e. The highest BCUT2D eigenvalue weighted by atomic mass is 15.3. The molecular weight excluding hydrogens is 250 g/mol. The van der Waals surface area contributed by atoms with E-state index in [2.05, 4.69) is 20.4 Å². The second-order valence-electron chi connectivity index (χ2n) is 4.41. The lowest BCUT2D eigenvalue weighted by Gasteiger charge is -2.12. The first-order valence-electron chi connectivity index (χ1n) is 6.41. The molecule has 5 nitrogen and oxygen atoms in total. The highest BCUT2D eigenvalue weighted by Gasteiger charge is 2.15. The second kappa shape index (κ2) is 5.63. The van der Waals surface area contributed by atoms with Gasteiger partial charge in [0, 0.05) is 24.2 Å². The number of benzene rings is 1. The molecule has 3 aromatic rings. The number of aromatic nitrogens is 4. The fraction of sp³-hybridized carbons (Fsp3) is 0.133. The lowest BCUT2D eigenvalue weighted by atomic mass is 10.1. The predicted octanol–water partition coefficient (Wildman–Crippen LogP) is 1.97. The van der Waals surface area contributed by atoms with Gasteiger partial charge in [-0.05, 0) is 19.2 Å². The van der Waals surface area contributed by atoms with Crippen LogP contribution in [0.25, 0.3) is 5.69 Å². The highest BCUT2D eigenvalue weighted by Crippen LogP contribution is 2.19. The van der Waals surface area contributed by atoms with Crippen molar-refractivity contribution in [1.82, 2.24) is 25.1 Å². The van der Waals surface area contributed by atoms with E-state index in [4.69, 9.17) is 0 Å². The van der Waals surface area contributed by atoms with Gasteiger partial charge in [-0.25, -0.2) is 4.68 Å². The molecule has 0 bridgehead atoms. The Kier molecular flexibility index (Phi) is 3.52. The molecule has 1 atom stereocenters. The van der Waals surface area contributed by atoms with Crippen molar-refractivity contribution in [3.63, 3.8) is 0 Å². The van der Waals surface area contributed by atoms with E-state index in [1.54, 1.807) is 18.6 Å². The summed E-state index contributed by atoms with van der Waals surface area (Å²) in [6, 6.07) is 10.0. The zero-order valence-electron chi connectivity index (χ0n) is 11.1. The first-order chi connectivity index (χ1) is 9.88. The zero-order chi connectivity index (χ0) is 13.8. The molecule has 5 heteroatoms. The Hall–Kier alpha value is -2.53. The number of para-hydroxylation sites is 1. The van der Waals surface area contributed by atoms with Crippen LogP contribution in [0.1, 0.15) is 17.3 Å². The van der Waals surface area contributed by atoms with Crippen LogP contribution in [0.3, 0.4) is 0 Å². The van der Waals surface area contributed by atoms with Crippen LogP contribution >= 0.6 is 0 Å². The van der Waals surface area contributed by atoms with Crippen LogP contribution in [-0.2, 0) is 0 Å². The van der Waals surface area contributed by atoms with Gasteiger partial charge in [0.05, 0.1) is 29.8 Å². The van der Waals surface area contributed by atoms with Gasteiger partial charge < -0.3 is 5.32 Å². The van der Waals surface area contributed by atoms with Crippen LogP contribution in [0, 0.1) is 0 Å². The summed E-state index contributed by atoms with van der Waals surface area (Å²) in [5, 5.41) is 7.65. The molecule has 0 aliphatic rings. The van der Waals surface area contributed by atoms with E-state index in [0.717, 1.165) is 16.9 Å². The van der Waals surface area contributed by atoms with Crippen LogP contribution in [0.5, 0.6) is 0 Å². The van der Waals surface area contributed by atoms with Crippen molar-refractivity contribution < 1.29 is 0 Å². The summed E-state index contributed by atoms with van der Waals surface area (Å²) in [6.45, 7) is 0. The number of hydrogen-bond acceptors (Lipinski definition) is 4. The summed E-state index contributed by atoms with van der Waals surface area (Å²) in [4.78, 5) is 8.46. The molecule has 0 fully saturated rings. The van der Waals surface area contributed by atoms with Crippen LogP contribution in [0.2, 0.25) is 0 Å². The van der Waals surface area contributed by atoms with Crippen LogP contribution in [-0.4, -0.2) is 26.8 Å². The van der Waals surface area contributed by atoms with Gasteiger partial charge in [0.15, 0.2) is 0 Å². The summed E-state index contributed by atoms with van der Waals surface area (Å²) in [5.41, 5.74) is 2.97. The first-order valence-corrected chi connectivity index (χ1v) is 6.41. The van der Waals surface area contributed by atoms with Crippen LogP contribution < -0.4 is 5.32 Å². The minimum Gasteiger partial charge on any atom is -0.308 e. The minimum absolute atomic E-state index is 0.0128. The third kappa shape index (κ3) is 2.44. The van der Waals surface area contributed by atoms with Gasteiger partial charge in [-0.15, -0.1) is 0 Å². The Bertz CT molecular complexity index is 663. The quantitative estimate of drug-likeness (QED) is 0.783. The second-order valence-corrected chi connectivity index (χ2v) is 4.41. The summed E-state index contributed by atoms with van der Waals surface area (Å²) < 4.78 is 1.86. The monoisotopic (exact) mass is 265 g/mol. The van der Waals surface area contributed by atoms with Crippen molar-refractivity contribution in [1.29, 1.82) is 0 Å². The SMILES string of the molecule is CNC(c1cnn(-c2ccccc2)c1)c1cnccn1. The Morgan fingerprint density at radius 2 is 1.95 bits per heavy atom. The molecule has 0 aliphatic carbocycles. The molecule has 1 aromatic carbocycles.